The molecule has 0 saturated heterocycles. The standard InChI is InChI=1S/2ClH.Mg.Mn/h2*1H;;/q;;2*+2/p-2. The Labute approximate surface area is 64.5 Å². The third kappa shape index (κ3) is 9.12. The maximum absolute atomic E-state index is 0. The minimum absolute atomic E-state index is 0. The van der Waals surface area contributed by atoms with Gasteiger partial charge in [-0.25, -0.2) is 0 Å². The maximum atomic E-state index is 0. The van der Waals surface area contributed by atoms with E-state index in [0.717, 1.165) is 0 Å². The molecule has 0 nitrogen and oxygen atoms in total. The van der Waals surface area contributed by atoms with Crippen molar-refractivity contribution in [3.63, 3.8) is 0 Å². The van der Waals surface area contributed by atoms with Crippen LogP contribution in [0.2, 0.25) is 0 Å². The summed E-state index contributed by atoms with van der Waals surface area (Å²) >= 11 is 0. The largest absolute Gasteiger partial charge is 2.00 e. The fourth-order valence-electron chi connectivity index (χ4n) is 0. The van der Waals surface area contributed by atoms with E-state index in [4.69, 9.17) is 0 Å². The molecule has 0 fully saturated rings. The van der Waals surface area contributed by atoms with Crippen LogP contribution in [0.5, 0.6) is 0 Å². The molecule has 0 amide bonds. The Morgan fingerprint density at radius 1 is 0.750 bits per heavy atom. The minimum atomic E-state index is 0. The maximum Gasteiger partial charge on any atom is 2.00 e. The molecule has 0 aromatic heterocycles. The Kier molecular flexibility index (Phi) is 208. The van der Waals surface area contributed by atoms with Crippen LogP contribution in [0.25, 0.3) is 0 Å². The van der Waals surface area contributed by atoms with E-state index in [9.17, 15) is 0 Å². The molecule has 4 heavy (non-hydrogen) atoms. The van der Waals surface area contributed by atoms with Crippen molar-refractivity contribution in [2.45, 2.75) is 0 Å². The zero-order chi connectivity index (χ0) is 0. The van der Waals surface area contributed by atoms with Gasteiger partial charge >= 0.3 is 40.1 Å². The fourth-order valence-corrected chi connectivity index (χ4v) is 0. The molecular formula is Cl2MgMn+2. The molecule has 0 aliphatic carbocycles. The molecule has 0 aromatic rings. The first kappa shape index (κ1) is 39.9. The molecule has 0 aromatic carbocycles. The zero-order valence-corrected chi connectivity index (χ0v) is 5.95. The van der Waals surface area contributed by atoms with Crippen molar-refractivity contribution in [1.29, 1.82) is 0 Å². The Hall–Kier alpha value is 1.87. The van der Waals surface area contributed by atoms with E-state index in [1.807, 2.05) is 0 Å². The molecule has 0 N–H and O–H groups in total. The van der Waals surface area contributed by atoms with Crippen molar-refractivity contribution >= 4 is 23.1 Å². The summed E-state index contributed by atoms with van der Waals surface area (Å²) in [6.07, 6.45) is 0. The Morgan fingerprint density at radius 3 is 0.750 bits per heavy atom. The summed E-state index contributed by atoms with van der Waals surface area (Å²) in [5, 5.41) is 0. The van der Waals surface area contributed by atoms with Crippen LogP contribution in [0, 0.1) is 0 Å². The number of halogens is 2. The van der Waals surface area contributed by atoms with Crippen LogP contribution < -0.4 is 24.8 Å². The number of hydrogen-bond acceptors (Lipinski definition) is 0. The second-order valence-electron chi connectivity index (χ2n) is 0. The molecule has 1 radical (unpaired) electrons. The normalized spacial score (nSPS) is 0. The van der Waals surface area contributed by atoms with Crippen LogP contribution in [-0.4, -0.2) is 23.1 Å². The summed E-state index contributed by atoms with van der Waals surface area (Å²) in [5.41, 5.74) is 0. The molecule has 0 bridgehead atoms. The second kappa shape index (κ2) is 20.9. The summed E-state index contributed by atoms with van der Waals surface area (Å²) in [6, 6.07) is 0. The Bertz CT molecular complexity index is 6.00. The molecule has 21 valence electrons. The summed E-state index contributed by atoms with van der Waals surface area (Å²) in [7, 11) is 0. The van der Waals surface area contributed by atoms with Gasteiger partial charge in [0.1, 0.15) is 0 Å². The molecule has 0 saturated carbocycles. The smallest absolute Gasteiger partial charge is 1.00 e. The van der Waals surface area contributed by atoms with Crippen molar-refractivity contribution in [3.05, 3.63) is 0 Å². The van der Waals surface area contributed by atoms with Gasteiger partial charge < -0.3 is 24.8 Å². The van der Waals surface area contributed by atoms with Gasteiger partial charge in [-0.15, -0.1) is 0 Å². The predicted octanol–water partition coefficient (Wildman–Crippen LogP) is -6.38. The van der Waals surface area contributed by atoms with Crippen LogP contribution in [0.15, 0.2) is 0 Å². The molecule has 0 unspecified atom stereocenters. The van der Waals surface area contributed by atoms with Crippen LogP contribution in [0.1, 0.15) is 0 Å². The second-order valence-corrected chi connectivity index (χ2v) is 0. The molecular weight excluding hydrogens is 150 g/mol. The van der Waals surface area contributed by atoms with Gasteiger partial charge in [-0.05, 0) is 0 Å². The van der Waals surface area contributed by atoms with Crippen LogP contribution in [0.4, 0.5) is 0 Å². The zero-order valence-electron chi connectivity index (χ0n) is 1.84. The van der Waals surface area contributed by atoms with Crippen LogP contribution in [-0.2, 0) is 17.1 Å². The monoisotopic (exact) mass is 149 g/mol. The van der Waals surface area contributed by atoms with Gasteiger partial charge in [0.15, 0.2) is 0 Å². The van der Waals surface area contributed by atoms with E-state index >= 15 is 0 Å². The number of rotatable bonds is 0. The third-order valence-electron chi connectivity index (χ3n) is 0. The summed E-state index contributed by atoms with van der Waals surface area (Å²) in [4.78, 5) is 0. The fraction of sp³-hybridized carbons (Fsp3) is 0. The molecule has 0 heterocycles. The molecule has 0 rings (SSSR count). The molecule has 0 atom stereocenters. The summed E-state index contributed by atoms with van der Waals surface area (Å²) < 4.78 is 0. The first-order valence-electron chi connectivity index (χ1n) is 0. The topological polar surface area (TPSA) is 0 Å². The van der Waals surface area contributed by atoms with Crippen molar-refractivity contribution < 1.29 is 41.9 Å². The van der Waals surface area contributed by atoms with Crippen molar-refractivity contribution in [2.75, 3.05) is 0 Å². The Balaban J connectivity index is 0. The SMILES string of the molecule is [Cl-].[Cl-].[Mg+2].[Mn+2]. The molecule has 4 heteroatoms. The molecule has 0 aliphatic rings. The molecule has 0 spiro atoms. The Morgan fingerprint density at radius 2 is 0.750 bits per heavy atom. The van der Waals surface area contributed by atoms with Crippen molar-refractivity contribution in [3.8, 4) is 0 Å². The first-order valence-corrected chi connectivity index (χ1v) is 0. The summed E-state index contributed by atoms with van der Waals surface area (Å²) in [6.45, 7) is 0. The third-order valence-corrected chi connectivity index (χ3v) is 0. The average Bonchev–Trinajstić information content (AvgIpc) is 0. The van der Waals surface area contributed by atoms with Crippen LogP contribution in [0.3, 0.4) is 0 Å². The van der Waals surface area contributed by atoms with E-state index in [1.54, 1.807) is 0 Å². The number of hydrogen-bond donors (Lipinski definition) is 0. The van der Waals surface area contributed by atoms with Gasteiger partial charge in [0.2, 0.25) is 0 Å². The van der Waals surface area contributed by atoms with Gasteiger partial charge in [-0.1, -0.05) is 0 Å². The van der Waals surface area contributed by atoms with E-state index < -0.39 is 0 Å². The molecule has 0 aliphatic heterocycles. The first-order chi connectivity index (χ1) is 0. The van der Waals surface area contributed by atoms with E-state index in [0.29, 0.717) is 0 Å². The quantitative estimate of drug-likeness (QED) is 0.301. The summed E-state index contributed by atoms with van der Waals surface area (Å²) in [5.74, 6) is 0. The average molecular weight is 150 g/mol. The van der Waals surface area contributed by atoms with Gasteiger partial charge in [0.25, 0.3) is 0 Å². The van der Waals surface area contributed by atoms with Gasteiger partial charge in [0, 0.05) is 0 Å². The van der Waals surface area contributed by atoms with Gasteiger partial charge in [-0.2, -0.15) is 0 Å². The van der Waals surface area contributed by atoms with Crippen molar-refractivity contribution in [1.82, 2.24) is 0 Å². The van der Waals surface area contributed by atoms with Gasteiger partial charge in [0.05, 0.1) is 0 Å². The van der Waals surface area contributed by atoms with Crippen LogP contribution >= 0.6 is 0 Å². The van der Waals surface area contributed by atoms with Gasteiger partial charge in [-0.3, -0.25) is 0 Å². The van der Waals surface area contributed by atoms with Crippen molar-refractivity contribution in [2.24, 2.45) is 0 Å². The van der Waals surface area contributed by atoms with E-state index in [1.165, 1.54) is 0 Å². The predicted molar refractivity (Wildman–Crippen MR) is 5.75 cm³/mol. The van der Waals surface area contributed by atoms with E-state index in [-0.39, 0.29) is 64.9 Å². The minimum Gasteiger partial charge on any atom is -1.00 e. The van der Waals surface area contributed by atoms with E-state index in [2.05, 4.69) is 0 Å².